The zero-order valence-electron chi connectivity index (χ0n) is 65.7. The summed E-state index contributed by atoms with van der Waals surface area (Å²) in [6, 6.07) is 47.0. The summed E-state index contributed by atoms with van der Waals surface area (Å²) in [5.41, 5.74) is 17.0. The third-order valence-corrected chi connectivity index (χ3v) is 20.9. The fraction of sp³-hybridized carbons (Fsp3) is 0.500. The Morgan fingerprint density at radius 1 is 0.398 bits per heavy atom. The summed E-state index contributed by atoms with van der Waals surface area (Å²) in [6.07, 6.45) is 7.71. The zero-order valence-corrected chi connectivity index (χ0v) is 65.7. The highest BCUT2D eigenvalue weighted by Crippen LogP contribution is 2.53. The van der Waals surface area contributed by atoms with E-state index in [0.29, 0.717) is 19.4 Å². The molecule has 9 aromatic rings. The van der Waals surface area contributed by atoms with Crippen molar-refractivity contribution in [2.24, 2.45) is 16.2 Å². The van der Waals surface area contributed by atoms with Gasteiger partial charge in [0.15, 0.2) is 0 Å². The van der Waals surface area contributed by atoms with Crippen LogP contribution in [0.15, 0.2) is 145 Å². The van der Waals surface area contributed by atoms with Crippen LogP contribution in [0, 0.1) is 16.2 Å². The van der Waals surface area contributed by atoms with Crippen LogP contribution in [0.5, 0.6) is 11.5 Å². The van der Waals surface area contributed by atoms with E-state index in [9.17, 15) is 10.2 Å². The molecule has 0 amide bonds. The number of unbranched alkanes of at least 4 members (excludes halogenated alkanes) is 1. The topological polar surface area (TPSA) is 68.8 Å². The van der Waals surface area contributed by atoms with Gasteiger partial charge in [-0.3, -0.25) is 0 Å². The molecule has 10 rings (SSSR count). The van der Waals surface area contributed by atoms with Crippen LogP contribution < -0.4 is 4.74 Å². The van der Waals surface area contributed by atoms with E-state index in [4.69, 9.17) is 9.47 Å². The van der Waals surface area contributed by atoms with Crippen molar-refractivity contribution >= 4 is 49.2 Å². The van der Waals surface area contributed by atoms with E-state index in [1.54, 1.807) is 0 Å². The maximum Gasteiger partial charge on any atom is 0.218 e. The van der Waals surface area contributed by atoms with Crippen LogP contribution in [-0.2, 0) is 42.6 Å². The maximum atomic E-state index is 14.4. The van der Waals surface area contributed by atoms with Crippen molar-refractivity contribution < 1.29 is 19.7 Å². The number of allylic oxidation sites excluding steroid dienone is 2. The van der Waals surface area contributed by atoms with Crippen molar-refractivity contribution in [2.75, 3.05) is 13.2 Å². The molecular formula is C92H122N2O4. The van der Waals surface area contributed by atoms with Crippen LogP contribution >= 0.6 is 0 Å². The lowest BCUT2D eigenvalue weighted by Crippen LogP contribution is -2.45. The number of hydrogen-bond donors (Lipinski definition) is 2. The predicted molar refractivity (Wildman–Crippen MR) is 422 cm³/mol. The highest BCUT2D eigenvalue weighted by molar-refractivity contribution is 6.11. The van der Waals surface area contributed by atoms with Crippen molar-refractivity contribution in [1.82, 2.24) is 9.13 Å². The number of fused-ring (bicyclic) bond motifs is 6. The molecule has 2 atom stereocenters. The summed E-state index contributed by atoms with van der Waals surface area (Å²) >= 11 is 0. The predicted octanol–water partition coefficient (Wildman–Crippen LogP) is 25.4. The minimum Gasteiger partial charge on any atom is -0.505 e. The maximum absolute atomic E-state index is 14.4. The standard InChI is InChI=1S/C92H122N2O4/c1-82(2,3)56-90(25,26)65-51-72(81(95)78(53-65)93-74-41-36-60(85(10,11)12)47-68(74)69-48-61(86(13,14)15)37-42-75(69)93)67-40-35-64(89(22,23)24)54-79(67)97-45-29-30-46-98-92(96)73(58-31-33-59(34-32-58)84(7,8)9)52-66(91(27,28)57-83(4,5)6)55-80(92)94-76-43-38-62(87(16,17)18)49-70(76)71-50-63(88(19,20)21)39-44-77(71)94/h31-44,47-55,80,95-96H,29-30,45-46,56-57H2,1-28H3. The SMILES string of the molecule is CC(C)(C)CC(C)(C)C1=CC(n2c3ccc(C(C)(C)C)cc3c3cc(C(C)(C)C)ccc32)C(O)(OCCCCOc2cc(C(C)(C)C)ccc2-c2cc(C(C)(C)CC(C)(C)C)cc(-n3c4ccc(C(C)(C)C)cc4c4cc(C(C)(C)C)ccc43)c2O)C(c2ccc(C(C)(C)C)cc2)=C1. The fourth-order valence-corrected chi connectivity index (χ4v) is 15.7. The van der Waals surface area contributed by atoms with Gasteiger partial charge >= 0.3 is 0 Å². The van der Waals surface area contributed by atoms with Crippen molar-refractivity contribution in [3.8, 4) is 28.3 Å². The van der Waals surface area contributed by atoms with Gasteiger partial charge in [-0.05, 0) is 203 Å². The first kappa shape index (κ1) is 73.8. The summed E-state index contributed by atoms with van der Waals surface area (Å²) in [5.74, 6) is -0.886. The summed E-state index contributed by atoms with van der Waals surface area (Å²) in [6.45, 7) is 64.9. The number of phenolic OH excluding ortho intramolecular Hbond substituents is 1. The smallest absolute Gasteiger partial charge is 0.218 e. The van der Waals surface area contributed by atoms with Crippen LogP contribution in [0.1, 0.15) is 270 Å². The Balaban J connectivity index is 1.08. The molecule has 1 aliphatic carbocycles. The van der Waals surface area contributed by atoms with E-state index in [2.05, 4.69) is 343 Å². The molecule has 0 saturated carbocycles. The highest BCUT2D eigenvalue weighted by Gasteiger charge is 2.48. The van der Waals surface area contributed by atoms with Crippen LogP contribution in [0.3, 0.4) is 0 Å². The Kier molecular flexibility index (Phi) is 19.1. The minimum atomic E-state index is -1.81. The van der Waals surface area contributed by atoms with E-state index in [0.717, 1.165) is 79.7 Å². The van der Waals surface area contributed by atoms with E-state index < -0.39 is 11.8 Å². The molecule has 6 nitrogen and oxygen atoms in total. The molecule has 524 valence electrons. The van der Waals surface area contributed by atoms with Gasteiger partial charge in [-0.1, -0.05) is 261 Å². The second-order valence-corrected chi connectivity index (χ2v) is 39.3. The van der Waals surface area contributed by atoms with E-state index >= 15 is 0 Å². The van der Waals surface area contributed by atoms with Gasteiger partial charge in [0.2, 0.25) is 5.79 Å². The average Bonchev–Trinajstić information content (AvgIpc) is 1.50. The average molecular weight is 1320 g/mol. The van der Waals surface area contributed by atoms with E-state index in [1.165, 1.54) is 54.9 Å². The van der Waals surface area contributed by atoms with Crippen molar-refractivity contribution in [1.29, 1.82) is 0 Å². The number of aromatic hydroxyl groups is 1. The Hall–Kier alpha value is -6.86. The Bertz CT molecular complexity index is 4390. The van der Waals surface area contributed by atoms with Gasteiger partial charge < -0.3 is 28.8 Å². The Labute approximate surface area is 591 Å². The number of aliphatic hydroxyl groups is 1. The first-order chi connectivity index (χ1) is 44.9. The van der Waals surface area contributed by atoms with E-state index in [-0.39, 0.29) is 66.5 Å². The Morgan fingerprint density at radius 3 is 1.22 bits per heavy atom. The molecule has 1 aliphatic rings. The van der Waals surface area contributed by atoms with Crippen molar-refractivity contribution in [2.45, 2.75) is 269 Å². The lowest BCUT2D eigenvalue weighted by Gasteiger charge is -2.44. The highest BCUT2D eigenvalue weighted by atomic mass is 16.6. The lowest BCUT2D eigenvalue weighted by atomic mass is 9.68. The van der Waals surface area contributed by atoms with Crippen LogP contribution in [0.25, 0.3) is 66.0 Å². The molecule has 0 aliphatic heterocycles. The summed E-state index contributed by atoms with van der Waals surface area (Å²) in [7, 11) is 0. The molecule has 2 unspecified atom stereocenters. The van der Waals surface area contributed by atoms with E-state index in [1.807, 2.05) is 0 Å². The monoisotopic (exact) mass is 1320 g/mol. The molecule has 0 bridgehead atoms. The zero-order chi connectivity index (χ0) is 72.4. The first-order valence-corrected chi connectivity index (χ1v) is 36.6. The molecule has 0 saturated heterocycles. The van der Waals surface area contributed by atoms with Gasteiger partial charge in [-0.15, -0.1) is 0 Å². The van der Waals surface area contributed by atoms with Crippen LogP contribution in [0.4, 0.5) is 0 Å². The normalized spacial score (nSPS) is 16.8. The molecule has 2 N–H and O–H groups in total. The fourth-order valence-electron chi connectivity index (χ4n) is 15.7. The third kappa shape index (κ3) is 15.1. The number of hydrogen-bond acceptors (Lipinski definition) is 4. The molecule has 98 heavy (non-hydrogen) atoms. The largest absolute Gasteiger partial charge is 0.505 e. The molecule has 6 heteroatoms. The van der Waals surface area contributed by atoms with Crippen LogP contribution in [0.2, 0.25) is 0 Å². The molecular weight excluding hydrogens is 1200 g/mol. The molecule has 0 radical (unpaired) electrons. The molecule has 2 heterocycles. The first-order valence-electron chi connectivity index (χ1n) is 36.6. The van der Waals surface area contributed by atoms with Gasteiger partial charge in [0, 0.05) is 49.3 Å². The van der Waals surface area contributed by atoms with Crippen molar-refractivity contribution in [3.63, 3.8) is 0 Å². The van der Waals surface area contributed by atoms with Crippen molar-refractivity contribution in [3.05, 3.63) is 190 Å². The molecule has 0 fully saturated rings. The summed E-state index contributed by atoms with van der Waals surface area (Å²) in [4.78, 5) is 0. The second-order valence-electron chi connectivity index (χ2n) is 39.3. The van der Waals surface area contributed by atoms with Gasteiger partial charge in [0.1, 0.15) is 17.5 Å². The summed E-state index contributed by atoms with van der Waals surface area (Å²) in [5, 5.41) is 32.5. The summed E-state index contributed by atoms with van der Waals surface area (Å²) < 4.78 is 19.3. The molecule has 7 aromatic carbocycles. The van der Waals surface area contributed by atoms with Gasteiger partial charge in [-0.2, -0.15) is 0 Å². The van der Waals surface area contributed by atoms with Gasteiger partial charge in [0.25, 0.3) is 0 Å². The van der Waals surface area contributed by atoms with Gasteiger partial charge in [-0.25, -0.2) is 0 Å². The van der Waals surface area contributed by atoms with Crippen LogP contribution in [-0.4, -0.2) is 38.3 Å². The number of benzene rings is 7. The number of ether oxygens (including phenoxy) is 2. The second kappa shape index (κ2) is 25.3. The number of nitrogens with zero attached hydrogens (tertiary/aromatic N) is 2. The lowest BCUT2D eigenvalue weighted by molar-refractivity contribution is -0.178. The quantitative estimate of drug-likeness (QED) is 0.0793. The third-order valence-electron chi connectivity index (χ3n) is 20.9. The number of phenols is 1. The number of aromatic nitrogens is 2. The number of rotatable bonds is 15. The molecule has 0 spiro atoms. The van der Waals surface area contributed by atoms with Gasteiger partial charge in [0.05, 0.1) is 29.9 Å². The Morgan fingerprint density at radius 2 is 0.786 bits per heavy atom. The molecule has 2 aromatic heterocycles. The minimum absolute atomic E-state index is 0.0252.